The van der Waals surface area contributed by atoms with Gasteiger partial charge in [0.1, 0.15) is 48.4 Å². The fraction of sp³-hybridized carbons (Fsp3) is 0.533. The van der Waals surface area contributed by atoms with Gasteiger partial charge in [0.15, 0.2) is 23.2 Å². The van der Waals surface area contributed by atoms with Crippen LogP contribution in [0.1, 0.15) is 73.2 Å². The smallest absolute Gasteiger partial charge is 0.376 e. The van der Waals surface area contributed by atoms with Crippen molar-refractivity contribution in [3.8, 4) is 11.6 Å². The Hall–Kier alpha value is -6.69. The molecule has 364 valence electrons. The molecule has 2 amide bonds. The Balaban J connectivity index is 0.000000157. The van der Waals surface area contributed by atoms with Crippen molar-refractivity contribution in [3.63, 3.8) is 0 Å². The number of esters is 2. The third kappa shape index (κ3) is 11.0. The Kier molecular flexibility index (Phi) is 14.0. The van der Waals surface area contributed by atoms with Gasteiger partial charge in [-0.05, 0) is 66.5 Å². The molecule has 4 atom stereocenters. The quantitative estimate of drug-likeness (QED) is 0.201. The van der Waals surface area contributed by atoms with Gasteiger partial charge in [-0.15, -0.1) is 0 Å². The Morgan fingerprint density at radius 2 is 1.41 bits per heavy atom. The van der Waals surface area contributed by atoms with Gasteiger partial charge >= 0.3 is 18.0 Å². The maximum atomic E-state index is 13.5. The van der Waals surface area contributed by atoms with Gasteiger partial charge in [0.25, 0.3) is 0 Å². The monoisotopic (exact) mass is 942 g/mol. The summed E-state index contributed by atoms with van der Waals surface area (Å²) in [6.07, 6.45) is 4.81. The fourth-order valence-electron chi connectivity index (χ4n) is 8.69. The molecule has 4 fully saturated rings. The van der Waals surface area contributed by atoms with Gasteiger partial charge in [0, 0.05) is 62.4 Å². The molecule has 0 unspecified atom stereocenters. The molecule has 6 aliphatic heterocycles. The van der Waals surface area contributed by atoms with E-state index in [-0.39, 0.29) is 42.5 Å². The summed E-state index contributed by atoms with van der Waals surface area (Å²) in [5, 5.41) is 6.26. The van der Waals surface area contributed by atoms with Crippen LogP contribution in [0.4, 0.5) is 39.3 Å². The number of hydrogen-bond acceptors (Lipinski definition) is 21. The number of nitrogens with two attached hydrogens (primary N) is 1. The number of anilines is 6. The zero-order chi connectivity index (χ0) is 48.3. The van der Waals surface area contributed by atoms with Crippen LogP contribution in [0.15, 0.2) is 36.7 Å². The molecule has 4 N–H and O–H groups in total. The SMILES string of the molecule is CC1(C)OC[C@H](COc2ccnc(N)c2)O1.COC(=O)c1nc(C)c2c(n1)N(C(=O)Nc1ccnc(OC[C@H]3COC(C)(C)O3)c1)[C@H]1CCN2C1.COC(=O)c1nc(C)c2c(n1)N[C@H]1CCN2C1. The molecule has 0 spiro atoms. The zero-order valence-electron chi connectivity index (χ0n) is 39.4. The van der Waals surface area contributed by atoms with Crippen LogP contribution in [0.25, 0.3) is 0 Å². The van der Waals surface area contributed by atoms with Crippen LogP contribution in [0.3, 0.4) is 0 Å². The predicted octanol–water partition coefficient (Wildman–Crippen LogP) is 3.90. The molecule has 0 radical (unpaired) electrons. The van der Waals surface area contributed by atoms with Gasteiger partial charge in [-0.3, -0.25) is 4.90 Å². The lowest BCUT2D eigenvalue weighted by atomic mass is 10.1. The summed E-state index contributed by atoms with van der Waals surface area (Å²) in [5.41, 5.74) is 9.27. The van der Waals surface area contributed by atoms with E-state index in [2.05, 4.69) is 55.1 Å². The van der Waals surface area contributed by atoms with Crippen molar-refractivity contribution in [1.29, 1.82) is 0 Å². The lowest BCUT2D eigenvalue weighted by molar-refractivity contribution is -0.141. The second kappa shape index (κ2) is 19.9. The average Bonchev–Trinajstić information content (AvgIpc) is 4.09. The van der Waals surface area contributed by atoms with E-state index < -0.39 is 23.5 Å². The van der Waals surface area contributed by atoms with Crippen LogP contribution >= 0.6 is 0 Å². The van der Waals surface area contributed by atoms with Gasteiger partial charge in [-0.25, -0.2) is 44.3 Å². The van der Waals surface area contributed by atoms with E-state index in [1.54, 1.807) is 48.5 Å². The molecule has 4 aromatic rings. The zero-order valence-corrected chi connectivity index (χ0v) is 39.4. The van der Waals surface area contributed by atoms with E-state index in [1.165, 1.54) is 14.2 Å². The first kappa shape index (κ1) is 47.8. The number of nitrogens with zero attached hydrogens (tertiary/aromatic N) is 9. The van der Waals surface area contributed by atoms with Crippen molar-refractivity contribution < 1.29 is 52.3 Å². The largest absolute Gasteiger partial charge is 0.491 e. The first-order valence-corrected chi connectivity index (χ1v) is 22.4. The standard InChI is InChI=1S/C23H28N6O6.C11H14N4O2.C11H16N2O3/c1-13-18-20(27-19(25-13)21(30)32-4)29(15-6-8-28(18)10-15)22(31)26-14-5-7-24-17(9-14)33-11-16-12-34-23(2,3)35-16;1-6-8-9(13-7-3-4-15(8)5-7)14-10(12-6)11(16)17-2;1-11(2)15-7-9(16-11)6-14-8-3-4-13-10(12)5-8/h5,7,9,15-16H,6,8,10-12H2,1-4H3,(H,24,26,31);7H,3-5H2,1-2H3,(H,12,13,14);3-5,9H,6-7H2,1-2H3,(H2,12,13)/t15-,16-;7-;9-/m000/s1. The number of carbonyl (C=O) groups is 3. The number of hydrogen-bond donors (Lipinski definition) is 3. The Morgan fingerprint density at radius 3 is 2.06 bits per heavy atom. The van der Waals surface area contributed by atoms with E-state index in [0.29, 0.717) is 67.1 Å². The molecule has 23 nitrogen and oxygen atoms in total. The number of nitrogen functional groups attached to an aromatic ring is 1. The van der Waals surface area contributed by atoms with Gasteiger partial charge < -0.3 is 64.1 Å². The van der Waals surface area contributed by atoms with Gasteiger partial charge in [0.05, 0.1) is 44.9 Å². The van der Waals surface area contributed by atoms with Crippen molar-refractivity contribution in [2.75, 3.05) is 97.9 Å². The number of pyridine rings is 2. The minimum Gasteiger partial charge on any atom is -0.491 e. The van der Waals surface area contributed by atoms with Gasteiger partial charge in [0.2, 0.25) is 17.5 Å². The van der Waals surface area contributed by atoms with E-state index >= 15 is 0 Å². The van der Waals surface area contributed by atoms with Crippen LogP contribution in [0.5, 0.6) is 11.6 Å². The highest BCUT2D eigenvalue weighted by Gasteiger charge is 2.42. The van der Waals surface area contributed by atoms with Crippen molar-refractivity contribution in [3.05, 3.63) is 59.7 Å². The van der Waals surface area contributed by atoms with Crippen LogP contribution in [-0.4, -0.2) is 151 Å². The molecule has 6 aliphatic rings. The van der Waals surface area contributed by atoms with Gasteiger partial charge in [-0.2, -0.15) is 0 Å². The first-order chi connectivity index (χ1) is 32.5. The highest BCUT2D eigenvalue weighted by molar-refractivity contribution is 6.05. The fourth-order valence-corrected chi connectivity index (χ4v) is 8.69. The Labute approximate surface area is 393 Å². The third-order valence-corrected chi connectivity index (χ3v) is 11.7. The summed E-state index contributed by atoms with van der Waals surface area (Å²) in [4.78, 5) is 68.3. The lowest BCUT2D eigenvalue weighted by Crippen LogP contribution is -2.48. The number of nitrogens with one attached hydrogen (secondary N) is 2. The number of urea groups is 1. The van der Waals surface area contributed by atoms with Crippen LogP contribution in [0, 0.1) is 13.8 Å². The molecule has 10 heterocycles. The third-order valence-electron chi connectivity index (χ3n) is 11.7. The number of ether oxygens (including phenoxy) is 8. The lowest BCUT2D eigenvalue weighted by Gasteiger charge is -2.36. The van der Waals surface area contributed by atoms with Gasteiger partial charge in [-0.1, -0.05) is 0 Å². The summed E-state index contributed by atoms with van der Waals surface area (Å²) in [6.45, 7) is 16.3. The normalized spacial score (nSPS) is 22.0. The summed E-state index contributed by atoms with van der Waals surface area (Å²) >= 11 is 0. The summed E-state index contributed by atoms with van der Waals surface area (Å²) in [6, 6.07) is 6.76. The van der Waals surface area contributed by atoms with Crippen LogP contribution < -0.4 is 40.5 Å². The number of methoxy groups -OCH3 is 2. The topological polar surface area (TPSA) is 262 Å². The number of carbonyl (C=O) groups excluding carboxylic acids is 3. The first-order valence-electron chi connectivity index (χ1n) is 22.4. The van der Waals surface area contributed by atoms with E-state index in [0.717, 1.165) is 55.4 Å². The molecule has 0 aliphatic carbocycles. The number of aryl methyl sites for hydroxylation is 2. The number of amides is 2. The average molecular weight is 943 g/mol. The molecule has 4 bridgehead atoms. The summed E-state index contributed by atoms with van der Waals surface area (Å²) in [5.74, 6) is 0.408. The van der Waals surface area contributed by atoms with Crippen molar-refractivity contribution >= 4 is 52.5 Å². The Bertz CT molecular complexity index is 2510. The molecule has 0 saturated carbocycles. The maximum absolute atomic E-state index is 13.5. The number of rotatable bonds is 9. The van der Waals surface area contributed by atoms with E-state index in [1.807, 2.05) is 34.6 Å². The summed E-state index contributed by atoms with van der Waals surface area (Å²) < 4.78 is 43.1. The molecular formula is C45H58N12O11. The highest BCUT2D eigenvalue weighted by atomic mass is 16.8. The minimum absolute atomic E-state index is 0.0376. The van der Waals surface area contributed by atoms with Crippen molar-refractivity contribution in [2.24, 2.45) is 0 Å². The summed E-state index contributed by atoms with van der Waals surface area (Å²) in [7, 11) is 2.61. The molecule has 4 saturated heterocycles. The van der Waals surface area contributed by atoms with E-state index in [9.17, 15) is 14.4 Å². The molecule has 23 heteroatoms. The predicted molar refractivity (Wildman–Crippen MR) is 246 cm³/mol. The molecule has 68 heavy (non-hydrogen) atoms. The van der Waals surface area contributed by atoms with Crippen molar-refractivity contribution in [2.45, 2.75) is 90.2 Å². The van der Waals surface area contributed by atoms with E-state index in [4.69, 9.17) is 38.9 Å². The van der Waals surface area contributed by atoms with Crippen LogP contribution in [-0.2, 0) is 28.4 Å². The Morgan fingerprint density at radius 1 is 0.794 bits per heavy atom. The molecule has 10 rings (SSSR count). The number of aromatic nitrogens is 6. The molecule has 0 aromatic carbocycles. The van der Waals surface area contributed by atoms with Crippen LogP contribution in [0.2, 0.25) is 0 Å². The molecular weight excluding hydrogens is 885 g/mol. The minimum atomic E-state index is -0.653. The van der Waals surface area contributed by atoms with Crippen molar-refractivity contribution in [1.82, 2.24) is 29.9 Å². The number of fused-ring (bicyclic) bond motifs is 8. The second-order valence-electron chi connectivity index (χ2n) is 17.7. The maximum Gasteiger partial charge on any atom is 0.376 e. The second-order valence-corrected chi connectivity index (χ2v) is 17.7. The highest BCUT2D eigenvalue weighted by Crippen LogP contribution is 2.41. The molecule has 4 aromatic heterocycles.